The van der Waals surface area contributed by atoms with Gasteiger partial charge in [0.25, 0.3) is 0 Å². The fraction of sp³-hybridized carbons (Fsp3) is 0.188. The topological polar surface area (TPSA) is 46.5 Å². The van der Waals surface area contributed by atoms with E-state index in [2.05, 4.69) is 0 Å². The van der Waals surface area contributed by atoms with Crippen LogP contribution in [0, 0.1) is 0 Å². The van der Waals surface area contributed by atoms with Crippen LogP contribution in [-0.4, -0.2) is 10.9 Å². The Kier molecular flexibility index (Phi) is 4.18. The molecule has 0 spiro atoms. The lowest BCUT2D eigenvalue weighted by molar-refractivity contribution is 0.0979. The van der Waals surface area contributed by atoms with Crippen LogP contribution in [0.25, 0.3) is 0 Å². The number of hydrogen-bond acceptors (Lipinski definition) is 3. The van der Waals surface area contributed by atoms with Crippen LogP contribution < -0.4 is 4.74 Å². The second-order valence-corrected chi connectivity index (χ2v) is 4.27. The second-order valence-electron chi connectivity index (χ2n) is 4.27. The number of ether oxygens (including phenoxy) is 1. The van der Waals surface area contributed by atoms with Crippen LogP contribution in [-0.2, 0) is 0 Å². The van der Waals surface area contributed by atoms with Gasteiger partial charge in [-0.05, 0) is 36.8 Å². The maximum Gasteiger partial charge on any atom is 0.166 e. The molecule has 3 nitrogen and oxygen atoms in total. The van der Waals surface area contributed by atoms with Crippen LogP contribution >= 0.6 is 0 Å². The fourth-order valence-corrected chi connectivity index (χ4v) is 1.79. The quantitative estimate of drug-likeness (QED) is 0.817. The molecule has 1 N–H and O–H groups in total. The van der Waals surface area contributed by atoms with E-state index in [4.69, 9.17) is 4.74 Å². The zero-order chi connectivity index (χ0) is 13.7. The molecular formula is C16H16O3. The Bertz CT molecular complexity index is 561. The Morgan fingerprint density at radius 2 is 1.84 bits per heavy atom. The number of hydrogen-bond donors (Lipinski definition) is 1. The molecule has 0 aromatic heterocycles. The molecule has 2 aromatic carbocycles. The highest BCUT2D eigenvalue weighted by Gasteiger charge is 2.11. The van der Waals surface area contributed by atoms with E-state index in [1.807, 2.05) is 37.3 Å². The van der Waals surface area contributed by atoms with Crippen LogP contribution in [0.2, 0.25) is 0 Å². The van der Waals surface area contributed by atoms with Crippen LogP contribution in [0.5, 0.6) is 17.2 Å². The van der Waals surface area contributed by atoms with Crippen molar-refractivity contribution in [2.24, 2.45) is 0 Å². The molecule has 98 valence electrons. The zero-order valence-corrected chi connectivity index (χ0v) is 10.8. The standard InChI is InChI=1S/C16H16O3/c1-2-6-15(17)14-11-13(9-10-16(14)18)19-12-7-4-3-5-8-12/h3-5,7-11,18H,2,6H2,1H3. The molecule has 2 aromatic rings. The van der Waals surface area contributed by atoms with Gasteiger partial charge in [-0.3, -0.25) is 4.79 Å². The zero-order valence-electron chi connectivity index (χ0n) is 10.8. The normalized spacial score (nSPS) is 10.2. The maximum atomic E-state index is 11.9. The number of phenols is 1. The van der Waals surface area contributed by atoms with Crippen LogP contribution in [0.3, 0.4) is 0 Å². The van der Waals surface area contributed by atoms with E-state index in [9.17, 15) is 9.90 Å². The molecule has 0 atom stereocenters. The van der Waals surface area contributed by atoms with Crippen LogP contribution in [0.1, 0.15) is 30.1 Å². The van der Waals surface area contributed by atoms with Gasteiger partial charge in [-0.25, -0.2) is 0 Å². The van der Waals surface area contributed by atoms with Gasteiger partial charge >= 0.3 is 0 Å². The van der Waals surface area contributed by atoms with Crippen molar-refractivity contribution in [3.63, 3.8) is 0 Å². The largest absolute Gasteiger partial charge is 0.507 e. The molecule has 0 radical (unpaired) electrons. The number of ketones is 1. The van der Waals surface area contributed by atoms with Gasteiger partial charge in [0.2, 0.25) is 0 Å². The molecule has 0 amide bonds. The van der Waals surface area contributed by atoms with Gasteiger partial charge in [0.05, 0.1) is 5.56 Å². The van der Waals surface area contributed by atoms with E-state index in [1.54, 1.807) is 12.1 Å². The van der Waals surface area contributed by atoms with Crippen molar-refractivity contribution in [1.29, 1.82) is 0 Å². The molecule has 0 saturated carbocycles. The summed E-state index contributed by atoms with van der Waals surface area (Å²) in [7, 11) is 0. The summed E-state index contributed by atoms with van der Waals surface area (Å²) in [6.07, 6.45) is 1.17. The predicted octanol–water partition coefficient (Wildman–Crippen LogP) is 4.17. The van der Waals surface area contributed by atoms with Gasteiger partial charge in [0, 0.05) is 6.42 Å². The first-order chi connectivity index (χ1) is 9.20. The van der Waals surface area contributed by atoms with Crippen molar-refractivity contribution in [2.75, 3.05) is 0 Å². The average molecular weight is 256 g/mol. The number of carbonyl (C=O) groups is 1. The van der Waals surface area contributed by atoms with Gasteiger partial charge in [0.15, 0.2) is 5.78 Å². The van der Waals surface area contributed by atoms with E-state index in [0.29, 0.717) is 23.5 Å². The lowest BCUT2D eigenvalue weighted by Gasteiger charge is -2.08. The van der Waals surface area contributed by atoms with Crippen LogP contribution in [0.4, 0.5) is 0 Å². The van der Waals surface area contributed by atoms with E-state index < -0.39 is 0 Å². The number of para-hydroxylation sites is 1. The molecule has 0 fully saturated rings. The average Bonchev–Trinajstić information content (AvgIpc) is 2.42. The molecule has 3 heteroatoms. The third-order valence-electron chi connectivity index (χ3n) is 2.72. The minimum atomic E-state index is -0.0708. The fourth-order valence-electron chi connectivity index (χ4n) is 1.79. The number of phenolic OH excluding ortho intramolecular Hbond substituents is 1. The molecule has 2 rings (SSSR count). The van der Waals surface area contributed by atoms with Gasteiger partial charge in [-0.2, -0.15) is 0 Å². The van der Waals surface area contributed by atoms with Crippen molar-refractivity contribution in [1.82, 2.24) is 0 Å². The Balaban J connectivity index is 2.23. The summed E-state index contributed by atoms with van der Waals surface area (Å²) in [6, 6.07) is 14.0. The number of carbonyl (C=O) groups excluding carboxylic acids is 1. The first-order valence-electron chi connectivity index (χ1n) is 6.30. The lowest BCUT2D eigenvalue weighted by Crippen LogP contribution is -1.99. The van der Waals surface area contributed by atoms with Gasteiger partial charge in [-0.15, -0.1) is 0 Å². The molecule has 0 saturated heterocycles. The molecule has 19 heavy (non-hydrogen) atoms. The highest BCUT2D eigenvalue weighted by molar-refractivity contribution is 5.98. The second kappa shape index (κ2) is 6.05. The Morgan fingerprint density at radius 3 is 2.53 bits per heavy atom. The van der Waals surface area contributed by atoms with Crippen molar-refractivity contribution in [2.45, 2.75) is 19.8 Å². The van der Waals surface area contributed by atoms with Gasteiger partial charge < -0.3 is 9.84 Å². The van der Waals surface area contributed by atoms with E-state index in [1.165, 1.54) is 6.07 Å². The van der Waals surface area contributed by atoms with Crippen LogP contribution in [0.15, 0.2) is 48.5 Å². The van der Waals surface area contributed by atoms with Crippen molar-refractivity contribution >= 4 is 5.78 Å². The highest BCUT2D eigenvalue weighted by atomic mass is 16.5. The minimum Gasteiger partial charge on any atom is -0.507 e. The summed E-state index contributed by atoms with van der Waals surface area (Å²) in [6.45, 7) is 1.93. The molecule has 0 aliphatic rings. The summed E-state index contributed by atoms with van der Waals surface area (Å²) in [5, 5.41) is 9.72. The SMILES string of the molecule is CCCC(=O)c1cc(Oc2ccccc2)ccc1O. The lowest BCUT2D eigenvalue weighted by atomic mass is 10.1. The number of Topliss-reactive ketones (excluding diaryl/α,β-unsaturated/α-hetero) is 1. The van der Waals surface area contributed by atoms with Crippen molar-refractivity contribution in [3.05, 3.63) is 54.1 Å². The summed E-state index contributed by atoms with van der Waals surface area (Å²) in [5.74, 6) is 1.17. The molecule has 0 heterocycles. The molecule has 0 bridgehead atoms. The smallest absolute Gasteiger partial charge is 0.166 e. The number of rotatable bonds is 5. The Hall–Kier alpha value is -2.29. The third-order valence-corrected chi connectivity index (χ3v) is 2.72. The summed E-state index contributed by atoms with van der Waals surface area (Å²) in [4.78, 5) is 11.9. The summed E-state index contributed by atoms with van der Waals surface area (Å²) >= 11 is 0. The first kappa shape index (κ1) is 13.1. The number of benzene rings is 2. The summed E-state index contributed by atoms with van der Waals surface area (Å²) < 4.78 is 5.64. The van der Waals surface area contributed by atoms with E-state index in [-0.39, 0.29) is 11.5 Å². The van der Waals surface area contributed by atoms with Gasteiger partial charge in [0.1, 0.15) is 17.2 Å². The van der Waals surface area contributed by atoms with Gasteiger partial charge in [-0.1, -0.05) is 25.1 Å². The first-order valence-corrected chi connectivity index (χ1v) is 6.30. The molecule has 0 aliphatic heterocycles. The third kappa shape index (κ3) is 3.35. The molecule has 0 unspecified atom stereocenters. The molecule has 0 aliphatic carbocycles. The monoisotopic (exact) mass is 256 g/mol. The Labute approximate surface area is 112 Å². The summed E-state index contributed by atoms with van der Waals surface area (Å²) in [5.41, 5.74) is 0.315. The van der Waals surface area contributed by atoms with Crippen molar-refractivity contribution < 1.29 is 14.6 Å². The van der Waals surface area contributed by atoms with Crippen molar-refractivity contribution in [3.8, 4) is 17.2 Å². The Morgan fingerprint density at radius 1 is 1.11 bits per heavy atom. The maximum absolute atomic E-state index is 11.9. The van der Waals surface area contributed by atoms with E-state index >= 15 is 0 Å². The van der Waals surface area contributed by atoms with E-state index in [0.717, 1.165) is 6.42 Å². The number of aromatic hydroxyl groups is 1. The minimum absolute atomic E-state index is 0.00105. The highest BCUT2D eigenvalue weighted by Crippen LogP contribution is 2.28. The molecular weight excluding hydrogens is 240 g/mol. The predicted molar refractivity (Wildman–Crippen MR) is 73.9 cm³/mol.